The second-order valence-corrected chi connectivity index (χ2v) is 5.33. The molecule has 120 valence electrons. The van der Waals surface area contributed by atoms with E-state index in [0.717, 1.165) is 25.4 Å². The van der Waals surface area contributed by atoms with Crippen molar-refractivity contribution in [3.8, 4) is 0 Å². The van der Waals surface area contributed by atoms with E-state index in [1.807, 2.05) is 25.3 Å². The van der Waals surface area contributed by atoms with Crippen molar-refractivity contribution in [3.05, 3.63) is 42.1 Å². The van der Waals surface area contributed by atoms with Crippen LogP contribution in [0.3, 0.4) is 0 Å². The van der Waals surface area contributed by atoms with Gasteiger partial charge in [-0.05, 0) is 38.2 Å². The first-order valence-electron chi connectivity index (χ1n) is 7.71. The molecule has 0 aliphatic heterocycles. The summed E-state index contributed by atoms with van der Waals surface area (Å²) in [7, 11) is 0. The molecule has 0 fully saturated rings. The second-order valence-electron chi connectivity index (χ2n) is 5.33. The monoisotopic (exact) mass is 304 g/mol. The van der Waals surface area contributed by atoms with Gasteiger partial charge < -0.3 is 9.73 Å². The number of hydrogen-bond acceptors (Lipinski definition) is 4. The summed E-state index contributed by atoms with van der Waals surface area (Å²) in [4.78, 5) is 14.4. The van der Waals surface area contributed by atoms with Crippen LogP contribution in [0.15, 0.2) is 35.0 Å². The highest BCUT2D eigenvalue weighted by molar-refractivity contribution is 5.91. The number of furan rings is 1. The Morgan fingerprint density at radius 1 is 1.41 bits per heavy atom. The number of carbonyl (C=O) groups excluding carboxylic acids is 1. The van der Waals surface area contributed by atoms with E-state index in [1.54, 1.807) is 16.9 Å². The van der Waals surface area contributed by atoms with Crippen molar-refractivity contribution in [2.75, 3.05) is 13.1 Å². The van der Waals surface area contributed by atoms with E-state index in [4.69, 9.17) is 4.42 Å². The van der Waals surface area contributed by atoms with Crippen LogP contribution in [0.4, 0.5) is 0 Å². The Morgan fingerprint density at radius 2 is 2.18 bits per heavy atom. The number of nitrogens with zero attached hydrogens (tertiary/aromatic N) is 3. The van der Waals surface area contributed by atoms with Gasteiger partial charge in [-0.15, -0.1) is 0 Å². The fourth-order valence-electron chi connectivity index (χ4n) is 2.28. The molecule has 2 aromatic rings. The molecule has 2 rings (SSSR count). The summed E-state index contributed by atoms with van der Waals surface area (Å²) in [5.74, 6) is 0.980. The van der Waals surface area contributed by atoms with E-state index in [-0.39, 0.29) is 11.9 Å². The summed E-state index contributed by atoms with van der Waals surface area (Å²) in [6.45, 7) is 9.43. The van der Waals surface area contributed by atoms with E-state index >= 15 is 0 Å². The molecular weight excluding hydrogens is 280 g/mol. The van der Waals surface area contributed by atoms with Crippen LogP contribution in [-0.4, -0.2) is 39.7 Å². The fourth-order valence-corrected chi connectivity index (χ4v) is 2.28. The molecule has 6 heteroatoms. The Balaban J connectivity index is 1.88. The number of nitrogens with one attached hydrogen (secondary N) is 1. The molecule has 0 aliphatic carbocycles. The summed E-state index contributed by atoms with van der Waals surface area (Å²) >= 11 is 0. The van der Waals surface area contributed by atoms with Gasteiger partial charge in [0.2, 0.25) is 0 Å². The molecule has 1 unspecified atom stereocenters. The quantitative estimate of drug-likeness (QED) is 0.811. The van der Waals surface area contributed by atoms with Crippen molar-refractivity contribution >= 4 is 5.91 Å². The van der Waals surface area contributed by atoms with Gasteiger partial charge in [0.1, 0.15) is 5.76 Å². The first kappa shape index (κ1) is 16.3. The lowest BCUT2D eigenvalue weighted by Crippen LogP contribution is -2.35. The molecule has 0 aromatic carbocycles. The van der Waals surface area contributed by atoms with E-state index in [1.165, 1.54) is 0 Å². The molecule has 0 aliphatic rings. The van der Waals surface area contributed by atoms with E-state index in [2.05, 4.69) is 29.2 Å². The molecule has 2 aromatic heterocycles. The van der Waals surface area contributed by atoms with Gasteiger partial charge in [0.15, 0.2) is 5.76 Å². The fraction of sp³-hybridized carbons (Fsp3) is 0.500. The molecule has 0 radical (unpaired) electrons. The minimum absolute atomic E-state index is 0.0243. The van der Waals surface area contributed by atoms with E-state index < -0.39 is 0 Å². The lowest BCUT2D eigenvalue weighted by Gasteiger charge is -2.16. The zero-order chi connectivity index (χ0) is 15.9. The van der Waals surface area contributed by atoms with Crippen molar-refractivity contribution in [2.45, 2.75) is 39.9 Å². The van der Waals surface area contributed by atoms with Crippen LogP contribution in [-0.2, 0) is 13.1 Å². The van der Waals surface area contributed by atoms with Crippen molar-refractivity contribution in [1.82, 2.24) is 20.0 Å². The average molecular weight is 304 g/mol. The smallest absolute Gasteiger partial charge is 0.287 e. The Morgan fingerprint density at radius 3 is 2.82 bits per heavy atom. The third-order valence-corrected chi connectivity index (χ3v) is 3.56. The van der Waals surface area contributed by atoms with Gasteiger partial charge in [0.05, 0.1) is 13.1 Å². The normalized spacial score (nSPS) is 12.5. The Kier molecular flexibility index (Phi) is 5.77. The molecular formula is C16H24N4O2. The summed E-state index contributed by atoms with van der Waals surface area (Å²) in [6.07, 6.45) is 3.60. The van der Waals surface area contributed by atoms with Gasteiger partial charge in [0, 0.05) is 18.4 Å². The minimum atomic E-state index is -0.189. The predicted molar refractivity (Wildman–Crippen MR) is 84.5 cm³/mol. The number of hydrogen-bond donors (Lipinski definition) is 1. The maximum Gasteiger partial charge on any atom is 0.287 e. The lowest BCUT2D eigenvalue weighted by molar-refractivity contribution is 0.0904. The third-order valence-electron chi connectivity index (χ3n) is 3.56. The van der Waals surface area contributed by atoms with Crippen molar-refractivity contribution in [2.24, 2.45) is 0 Å². The van der Waals surface area contributed by atoms with Crippen LogP contribution in [0.25, 0.3) is 0 Å². The summed E-state index contributed by atoms with van der Waals surface area (Å²) in [5, 5.41) is 7.05. The number of carbonyl (C=O) groups is 1. The van der Waals surface area contributed by atoms with Crippen molar-refractivity contribution in [1.29, 1.82) is 0 Å². The number of rotatable bonds is 8. The largest absolute Gasteiger partial charge is 0.455 e. The van der Waals surface area contributed by atoms with Crippen LogP contribution in [0.1, 0.15) is 37.1 Å². The first-order chi connectivity index (χ1) is 10.6. The molecule has 0 bridgehead atoms. The highest BCUT2D eigenvalue weighted by atomic mass is 16.4. The number of aromatic nitrogens is 2. The third kappa shape index (κ3) is 4.46. The van der Waals surface area contributed by atoms with Gasteiger partial charge in [0.25, 0.3) is 5.91 Å². The molecule has 0 saturated heterocycles. The average Bonchev–Trinajstić information content (AvgIpc) is 3.16. The molecule has 22 heavy (non-hydrogen) atoms. The van der Waals surface area contributed by atoms with Gasteiger partial charge in [-0.1, -0.05) is 13.8 Å². The van der Waals surface area contributed by atoms with Gasteiger partial charge in [-0.25, -0.2) is 0 Å². The topological polar surface area (TPSA) is 63.3 Å². The zero-order valence-electron chi connectivity index (χ0n) is 13.5. The first-order valence-corrected chi connectivity index (χ1v) is 7.71. The molecule has 1 amide bonds. The summed E-state index contributed by atoms with van der Waals surface area (Å²) < 4.78 is 7.43. The highest BCUT2D eigenvalue weighted by Gasteiger charge is 2.15. The van der Waals surface area contributed by atoms with Gasteiger partial charge in [-0.2, -0.15) is 5.10 Å². The predicted octanol–water partition coefficient (Wildman–Crippen LogP) is 2.14. The van der Waals surface area contributed by atoms with Crippen LogP contribution in [0, 0.1) is 0 Å². The summed E-state index contributed by atoms with van der Waals surface area (Å²) in [6, 6.07) is 5.43. The Bertz CT molecular complexity index is 573. The minimum Gasteiger partial charge on any atom is -0.455 e. The molecule has 0 spiro atoms. The van der Waals surface area contributed by atoms with Crippen LogP contribution in [0.5, 0.6) is 0 Å². The molecule has 1 N–H and O–H groups in total. The lowest BCUT2D eigenvalue weighted by atomic mass is 10.3. The van der Waals surface area contributed by atoms with Crippen molar-refractivity contribution < 1.29 is 9.21 Å². The van der Waals surface area contributed by atoms with Crippen LogP contribution in [0.2, 0.25) is 0 Å². The molecule has 0 saturated carbocycles. The molecule has 6 nitrogen and oxygen atoms in total. The summed E-state index contributed by atoms with van der Waals surface area (Å²) in [5.41, 5.74) is 0. The van der Waals surface area contributed by atoms with Gasteiger partial charge in [-0.3, -0.25) is 14.4 Å². The molecule has 1 atom stereocenters. The maximum absolute atomic E-state index is 12.2. The maximum atomic E-state index is 12.2. The van der Waals surface area contributed by atoms with E-state index in [9.17, 15) is 4.79 Å². The Labute approximate surface area is 131 Å². The standard InChI is InChI=1S/C16H24N4O2/c1-4-19(5-2)12-14-7-8-15(22-14)16(21)18-13(3)11-20-10-6-9-17-20/h6-10,13H,4-5,11-12H2,1-3H3,(H,18,21). The highest BCUT2D eigenvalue weighted by Crippen LogP contribution is 2.11. The molecule has 2 heterocycles. The SMILES string of the molecule is CCN(CC)Cc1ccc(C(=O)NC(C)Cn2cccn2)o1. The number of amides is 1. The Hall–Kier alpha value is -2.08. The zero-order valence-corrected chi connectivity index (χ0v) is 13.5. The van der Waals surface area contributed by atoms with Gasteiger partial charge >= 0.3 is 0 Å². The van der Waals surface area contributed by atoms with Crippen LogP contribution >= 0.6 is 0 Å². The van der Waals surface area contributed by atoms with Crippen molar-refractivity contribution in [3.63, 3.8) is 0 Å². The van der Waals surface area contributed by atoms with Crippen LogP contribution < -0.4 is 5.32 Å². The second kappa shape index (κ2) is 7.79. The van der Waals surface area contributed by atoms with E-state index in [0.29, 0.717) is 12.3 Å².